The van der Waals surface area contributed by atoms with Gasteiger partial charge in [-0.25, -0.2) is 0 Å². The topological polar surface area (TPSA) is 35.2 Å². The smallest absolute Gasteiger partial charge is 0.125 e. The molecule has 0 bridgehead atoms. The van der Waals surface area contributed by atoms with Crippen molar-refractivity contribution < 1.29 is 4.74 Å². The van der Waals surface area contributed by atoms with E-state index in [0.29, 0.717) is 0 Å². The van der Waals surface area contributed by atoms with Crippen LogP contribution >= 0.6 is 0 Å². The summed E-state index contributed by atoms with van der Waals surface area (Å²) >= 11 is 0. The molecule has 0 aliphatic heterocycles. The molecule has 1 aliphatic carbocycles. The lowest BCUT2D eigenvalue weighted by Gasteiger charge is -2.53. The molecule has 2 heteroatoms. The second-order valence-electron chi connectivity index (χ2n) is 6.04. The lowest BCUT2D eigenvalue weighted by atomic mass is 9.59. The Morgan fingerprint density at radius 3 is 2.26 bits per heavy atom. The normalized spacial score (nSPS) is 24.9. The van der Waals surface area contributed by atoms with Crippen LogP contribution in [0.15, 0.2) is 12.1 Å². The Morgan fingerprint density at radius 2 is 1.74 bits per heavy atom. The van der Waals surface area contributed by atoms with E-state index >= 15 is 0 Å². The number of nitrogens with two attached hydrogens (primary N) is 1. The van der Waals surface area contributed by atoms with Gasteiger partial charge >= 0.3 is 0 Å². The van der Waals surface area contributed by atoms with Gasteiger partial charge in [0.05, 0.1) is 0 Å². The van der Waals surface area contributed by atoms with Gasteiger partial charge in [0.2, 0.25) is 0 Å². The van der Waals surface area contributed by atoms with Gasteiger partial charge in [0.1, 0.15) is 11.9 Å². The Kier molecular flexibility index (Phi) is 3.91. The fourth-order valence-electron chi connectivity index (χ4n) is 3.42. The molecular formula is C17H27NO. The lowest BCUT2D eigenvalue weighted by molar-refractivity contribution is -0.0728. The number of aryl methyl sites for hydroxylation is 2. The summed E-state index contributed by atoms with van der Waals surface area (Å²) in [6.07, 6.45) is 3.45. The van der Waals surface area contributed by atoms with Gasteiger partial charge in [-0.1, -0.05) is 26.0 Å². The molecule has 2 rings (SSSR count). The van der Waals surface area contributed by atoms with Gasteiger partial charge in [-0.05, 0) is 50.3 Å². The Morgan fingerprint density at radius 1 is 1.16 bits per heavy atom. The molecule has 1 fully saturated rings. The molecule has 2 N–H and O–H groups in total. The van der Waals surface area contributed by atoms with Crippen molar-refractivity contribution >= 4 is 0 Å². The minimum absolute atomic E-state index is 0.169. The maximum atomic E-state index is 6.38. The highest BCUT2D eigenvalue weighted by Crippen LogP contribution is 2.48. The van der Waals surface area contributed by atoms with Crippen molar-refractivity contribution in [3.05, 3.63) is 28.8 Å². The van der Waals surface area contributed by atoms with Crippen LogP contribution < -0.4 is 10.5 Å². The molecule has 106 valence electrons. The second-order valence-corrected chi connectivity index (χ2v) is 6.04. The highest BCUT2D eigenvalue weighted by atomic mass is 16.5. The molecule has 2 atom stereocenters. The van der Waals surface area contributed by atoms with Gasteiger partial charge in [0.15, 0.2) is 0 Å². The predicted molar refractivity (Wildman–Crippen MR) is 80.7 cm³/mol. The maximum Gasteiger partial charge on any atom is 0.125 e. The zero-order valence-corrected chi connectivity index (χ0v) is 12.9. The Labute approximate surface area is 117 Å². The molecule has 19 heavy (non-hydrogen) atoms. The Hall–Kier alpha value is -1.02. The maximum absolute atomic E-state index is 6.38. The lowest BCUT2D eigenvalue weighted by Crippen LogP contribution is -2.63. The van der Waals surface area contributed by atoms with E-state index in [1.54, 1.807) is 0 Å². The van der Waals surface area contributed by atoms with Crippen molar-refractivity contribution in [1.82, 2.24) is 0 Å². The summed E-state index contributed by atoms with van der Waals surface area (Å²) in [5.74, 6) is 1.07. The number of benzene rings is 1. The number of rotatable bonds is 4. The van der Waals surface area contributed by atoms with E-state index in [1.807, 2.05) is 0 Å². The van der Waals surface area contributed by atoms with Crippen LogP contribution in [-0.2, 0) is 0 Å². The van der Waals surface area contributed by atoms with Crippen LogP contribution in [0.25, 0.3) is 0 Å². The third kappa shape index (κ3) is 2.16. The first kappa shape index (κ1) is 14.4. The zero-order chi connectivity index (χ0) is 14.2. The SMILES string of the molecule is CCC1(CC)C(N)CC1Oc1c(C)ccc(C)c1C. The molecule has 1 aromatic rings. The first-order valence-corrected chi connectivity index (χ1v) is 7.45. The Balaban J connectivity index is 2.26. The van der Waals surface area contributed by atoms with Crippen molar-refractivity contribution in [3.63, 3.8) is 0 Å². The van der Waals surface area contributed by atoms with Crippen molar-refractivity contribution in [2.24, 2.45) is 11.1 Å². The van der Waals surface area contributed by atoms with Crippen LogP contribution in [0, 0.1) is 26.2 Å². The summed E-state index contributed by atoms with van der Waals surface area (Å²) in [6.45, 7) is 10.9. The highest BCUT2D eigenvalue weighted by Gasteiger charge is 2.52. The molecule has 1 saturated carbocycles. The van der Waals surface area contributed by atoms with Crippen LogP contribution in [-0.4, -0.2) is 12.1 Å². The highest BCUT2D eigenvalue weighted by molar-refractivity contribution is 5.45. The van der Waals surface area contributed by atoms with Crippen LogP contribution in [0.1, 0.15) is 49.8 Å². The molecule has 0 aromatic heterocycles. The Bertz CT molecular complexity index is 463. The standard InChI is InChI=1S/C17H27NO/c1-6-17(7-2)14(18)10-15(17)19-16-12(4)9-8-11(3)13(16)5/h8-9,14-15H,6-7,10,18H2,1-5H3. The molecule has 1 aromatic carbocycles. The third-order valence-electron chi connectivity index (χ3n) is 5.30. The molecule has 1 aliphatic rings. The summed E-state index contributed by atoms with van der Waals surface area (Å²) in [4.78, 5) is 0. The van der Waals surface area contributed by atoms with Crippen molar-refractivity contribution in [2.45, 2.75) is 66.0 Å². The van der Waals surface area contributed by atoms with Crippen LogP contribution in [0.5, 0.6) is 5.75 Å². The minimum atomic E-state index is 0.169. The molecule has 0 radical (unpaired) electrons. The third-order valence-corrected chi connectivity index (χ3v) is 5.30. The van der Waals surface area contributed by atoms with Gasteiger partial charge in [-0.2, -0.15) is 0 Å². The molecule has 2 nitrogen and oxygen atoms in total. The van der Waals surface area contributed by atoms with Crippen LogP contribution in [0.3, 0.4) is 0 Å². The van der Waals surface area contributed by atoms with E-state index in [1.165, 1.54) is 16.7 Å². The fraction of sp³-hybridized carbons (Fsp3) is 0.647. The van der Waals surface area contributed by atoms with Gasteiger partial charge < -0.3 is 10.5 Å². The molecular weight excluding hydrogens is 234 g/mol. The average molecular weight is 261 g/mol. The van der Waals surface area contributed by atoms with Crippen molar-refractivity contribution in [2.75, 3.05) is 0 Å². The molecule has 0 heterocycles. The van der Waals surface area contributed by atoms with Crippen LogP contribution in [0.2, 0.25) is 0 Å². The number of hydrogen-bond donors (Lipinski definition) is 1. The van der Waals surface area contributed by atoms with Gasteiger partial charge in [-0.3, -0.25) is 0 Å². The first-order valence-electron chi connectivity index (χ1n) is 7.45. The second kappa shape index (κ2) is 5.16. The first-order chi connectivity index (χ1) is 8.96. The largest absolute Gasteiger partial charge is 0.489 e. The summed E-state index contributed by atoms with van der Waals surface area (Å²) in [5, 5.41) is 0. The van der Waals surface area contributed by atoms with E-state index in [2.05, 4.69) is 46.8 Å². The summed E-state index contributed by atoms with van der Waals surface area (Å²) in [6, 6.07) is 4.60. The van der Waals surface area contributed by atoms with E-state index in [9.17, 15) is 0 Å². The molecule has 0 saturated heterocycles. The van der Waals surface area contributed by atoms with E-state index in [-0.39, 0.29) is 17.6 Å². The summed E-state index contributed by atoms with van der Waals surface area (Å²) in [5.41, 5.74) is 10.2. The van der Waals surface area contributed by atoms with Crippen molar-refractivity contribution in [1.29, 1.82) is 0 Å². The van der Waals surface area contributed by atoms with Crippen molar-refractivity contribution in [3.8, 4) is 5.75 Å². The quantitative estimate of drug-likeness (QED) is 0.892. The summed E-state index contributed by atoms with van der Waals surface area (Å²) in [7, 11) is 0. The van der Waals surface area contributed by atoms with E-state index in [4.69, 9.17) is 10.5 Å². The minimum Gasteiger partial charge on any atom is -0.489 e. The molecule has 2 unspecified atom stereocenters. The van der Waals surface area contributed by atoms with Crippen LogP contribution in [0.4, 0.5) is 0 Å². The number of hydrogen-bond acceptors (Lipinski definition) is 2. The van der Waals surface area contributed by atoms with Gasteiger partial charge in [0.25, 0.3) is 0 Å². The zero-order valence-electron chi connectivity index (χ0n) is 12.9. The monoisotopic (exact) mass is 261 g/mol. The van der Waals surface area contributed by atoms with Gasteiger partial charge in [0, 0.05) is 17.9 Å². The van der Waals surface area contributed by atoms with E-state index < -0.39 is 0 Å². The fourth-order valence-corrected chi connectivity index (χ4v) is 3.42. The number of ether oxygens (including phenoxy) is 1. The average Bonchev–Trinajstić information content (AvgIpc) is 2.39. The van der Waals surface area contributed by atoms with Gasteiger partial charge in [-0.15, -0.1) is 0 Å². The molecule has 0 amide bonds. The summed E-state index contributed by atoms with van der Waals surface area (Å²) < 4.78 is 6.38. The van der Waals surface area contributed by atoms with E-state index in [0.717, 1.165) is 25.0 Å². The predicted octanol–water partition coefficient (Wildman–Crippen LogP) is 3.90. The molecule has 0 spiro atoms.